The number of thiophene rings is 1. The van der Waals surface area contributed by atoms with Crippen molar-refractivity contribution in [2.45, 2.75) is 11.8 Å². The molecular formula is C21H18N2O7S2. The molecule has 0 saturated heterocycles. The van der Waals surface area contributed by atoms with E-state index in [9.17, 15) is 22.8 Å². The third kappa shape index (κ3) is 3.30. The van der Waals surface area contributed by atoms with E-state index in [1.165, 1.54) is 27.2 Å². The Bertz CT molecular complexity index is 1390. The van der Waals surface area contributed by atoms with Crippen molar-refractivity contribution < 1.29 is 32.3 Å². The molecule has 0 radical (unpaired) electrons. The van der Waals surface area contributed by atoms with Crippen molar-refractivity contribution in [3.05, 3.63) is 52.4 Å². The molecule has 9 nitrogen and oxygen atoms in total. The molecule has 0 unspecified atom stereocenters. The number of rotatable bonds is 5. The van der Waals surface area contributed by atoms with Crippen molar-refractivity contribution in [3.63, 3.8) is 0 Å². The maximum atomic E-state index is 13.1. The van der Waals surface area contributed by atoms with Crippen LogP contribution in [-0.4, -0.2) is 47.0 Å². The molecular weight excluding hydrogens is 456 g/mol. The molecule has 1 amide bonds. The van der Waals surface area contributed by atoms with Crippen molar-refractivity contribution >= 4 is 60.7 Å². The van der Waals surface area contributed by atoms with Gasteiger partial charge in [-0.15, -0.1) is 11.3 Å². The Kier molecular flexibility index (Phi) is 5.39. The highest BCUT2D eigenvalue weighted by Crippen LogP contribution is 2.42. The number of carbonyl (C=O) groups excluding carboxylic acids is 3. The van der Waals surface area contributed by atoms with Crippen molar-refractivity contribution in [2.75, 3.05) is 30.4 Å². The van der Waals surface area contributed by atoms with Gasteiger partial charge in [0.2, 0.25) is 5.91 Å². The maximum absolute atomic E-state index is 13.1. The first-order valence-electron chi connectivity index (χ1n) is 9.35. The van der Waals surface area contributed by atoms with Gasteiger partial charge in [0, 0.05) is 5.39 Å². The molecule has 4 rings (SSSR count). The van der Waals surface area contributed by atoms with Gasteiger partial charge in [-0.2, -0.15) is 0 Å². The first-order chi connectivity index (χ1) is 15.2. The minimum Gasteiger partial charge on any atom is -0.465 e. The van der Waals surface area contributed by atoms with Gasteiger partial charge in [0.1, 0.15) is 16.4 Å². The van der Waals surface area contributed by atoms with Crippen LogP contribution in [0, 0.1) is 6.92 Å². The second-order valence-electron chi connectivity index (χ2n) is 6.93. The minimum atomic E-state index is -3.93. The van der Waals surface area contributed by atoms with Gasteiger partial charge in [0.25, 0.3) is 10.0 Å². The fraction of sp³-hybridized carbons (Fsp3) is 0.190. The van der Waals surface area contributed by atoms with E-state index in [2.05, 4.69) is 5.32 Å². The molecule has 2 aromatic carbocycles. The average molecular weight is 475 g/mol. The van der Waals surface area contributed by atoms with Crippen molar-refractivity contribution in [2.24, 2.45) is 0 Å². The Balaban J connectivity index is 1.68. The predicted octanol–water partition coefficient (Wildman–Crippen LogP) is 2.93. The minimum absolute atomic E-state index is 0.0147. The number of hydrogen-bond donors (Lipinski definition) is 1. The summed E-state index contributed by atoms with van der Waals surface area (Å²) < 4.78 is 36.7. The van der Waals surface area contributed by atoms with Crippen LogP contribution in [0.5, 0.6) is 0 Å². The lowest BCUT2D eigenvalue weighted by Gasteiger charge is -2.18. The van der Waals surface area contributed by atoms with Crippen LogP contribution < -0.4 is 9.62 Å². The summed E-state index contributed by atoms with van der Waals surface area (Å²) in [5, 5.41) is 3.93. The van der Waals surface area contributed by atoms with Crippen LogP contribution in [0.3, 0.4) is 0 Å². The number of hydrogen-bond acceptors (Lipinski definition) is 8. The number of methoxy groups -OCH3 is 2. The van der Waals surface area contributed by atoms with E-state index >= 15 is 0 Å². The molecule has 2 heterocycles. The highest BCUT2D eigenvalue weighted by molar-refractivity contribution is 7.93. The van der Waals surface area contributed by atoms with Crippen LogP contribution in [0.4, 0.5) is 10.7 Å². The van der Waals surface area contributed by atoms with Gasteiger partial charge in [-0.25, -0.2) is 18.0 Å². The number of carbonyl (C=O) groups is 3. The number of benzene rings is 2. The first-order valence-corrected chi connectivity index (χ1v) is 11.6. The van der Waals surface area contributed by atoms with E-state index in [4.69, 9.17) is 9.47 Å². The fourth-order valence-corrected chi connectivity index (χ4v) is 6.46. The number of esters is 2. The number of amides is 1. The Morgan fingerprint density at radius 1 is 1.03 bits per heavy atom. The van der Waals surface area contributed by atoms with Crippen LogP contribution in [0.1, 0.15) is 25.6 Å². The van der Waals surface area contributed by atoms with Gasteiger partial charge >= 0.3 is 11.9 Å². The second-order valence-corrected chi connectivity index (χ2v) is 9.79. The van der Waals surface area contributed by atoms with Crippen LogP contribution >= 0.6 is 11.3 Å². The molecule has 11 heteroatoms. The van der Waals surface area contributed by atoms with Crippen molar-refractivity contribution in [1.82, 2.24) is 0 Å². The third-order valence-electron chi connectivity index (χ3n) is 5.13. The van der Waals surface area contributed by atoms with E-state index in [1.54, 1.807) is 30.3 Å². The monoisotopic (exact) mass is 474 g/mol. The van der Waals surface area contributed by atoms with E-state index in [-0.39, 0.29) is 20.3 Å². The van der Waals surface area contributed by atoms with Crippen LogP contribution in [0.2, 0.25) is 0 Å². The summed E-state index contributed by atoms with van der Waals surface area (Å²) in [5.74, 6) is -2.08. The SMILES string of the molecule is COC(=O)c1sc(NC(=O)CN2c3cccc4cccc(c34)S2(=O)=O)c(C(=O)OC)c1C. The first kappa shape index (κ1) is 21.8. The molecule has 1 aliphatic rings. The molecule has 0 spiro atoms. The van der Waals surface area contributed by atoms with Gasteiger partial charge in [-0.05, 0) is 30.0 Å². The highest BCUT2D eigenvalue weighted by atomic mass is 32.2. The Morgan fingerprint density at radius 2 is 1.69 bits per heavy atom. The largest absolute Gasteiger partial charge is 0.465 e. The smallest absolute Gasteiger partial charge is 0.348 e. The molecule has 1 aliphatic heterocycles. The third-order valence-corrected chi connectivity index (χ3v) is 8.12. The zero-order chi connectivity index (χ0) is 23.2. The number of ether oxygens (including phenoxy) is 2. The molecule has 1 N–H and O–H groups in total. The molecule has 0 saturated carbocycles. The van der Waals surface area contributed by atoms with E-state index < -0.39 is 34.4 Å². The van der Waals surface area contributed by atoms with Crippen LogP contribution in [0.25, 0.3) is 10.8 Å². The molecule has 0 bridgehead atoms. The summed E-state index contributed by atoms with van der Waals surface area (Å²) in [6.45, 7) is 1.02. The van der Waals surface area contributed by atoms with E-state index in [0.29, 0.717) is 16.6 Å². The number of nitrogens with one attached hydrogen (secondary N) is 1. The van der Waals surface area contributed by atoms with Gasteiger partial charge in [-0.1, -0.05) is 24.3 Å². The highest BCUT2D eigenvalue weighted by Gasteiger charge is 2.37. The normalized spacial score (nSPS) is 13.8. The second kappa shape index (κ2) is 7.92. The predicted molar refractivity (Wildman–Crippen MR) is 119 cm³/mol. The topological polar surface area (TPSA) is 119 Å². The summed E-state index contributed by atoms with van der Waals surface area (Å²) >= 11 is 0.855. The van der Waals surface area contributed by atoms with Crippen molar-refractivity contribution in [3.8, 4) is 0 Å². The van der Waals surface area contributed by atoms with Crippen LogP contribution in [0.15, 0.2) is 41.3 Å². The molecule has 0 aliphatic carbocycles. The molecule has 3 aromatic rings. The zero-order valence-corrected chi connectivity index (χ0v) is 18.9. The lowest BCUT2D eigenvalue weighted by Crippen LogP contribution is -2.35. The maximum Gasteiger partial charge on any atom is 0.348 e. The Hall–Kier alpha value is -3.44. The van der Waals surface area contributed by atoms with Crippen LogP contribution in [-0.2, 0) is 24.3 Å². The Morgan fingerprint density at radius 3 is 2.34 bits per heavy atom. The molecule has 1 aromatic heterocycles. The van der Waals surface area contributed by atoms with E-state index in [1.807, 2.05) is 0 Å². The quantitative estimate of drug-likeness (QED) is 0.565. The summed E-state index contributed by atoms with van der Waals surface area (Å²) in [4.78, 5) is 37.4. The van der Waals surface area contributed by atoms with Crippen molar-refractivity contribution in [1.29, 1.82) is 0 Å². The summed E-state index contributed by atoms with van der Waals surface area (Å²) in [6.07, 6.45) is 0. The molecule has 0 atom stereocenters. The number of nitrogens with zero attached hydrogens (tertiary/aromatic N) is 1. The van der Waals surface area contributed by atoms with Gasteiger partial charge in [0.15, 0.2) is 0 Å². The molecule has 166 valence electrons. The lowest BCUT2D eigenvalue weighted by atomic mass is 10.1. The number of anilines is 2. The average Bonchev–Trinajstić information content (AvgIpc) is 3.21. The van der Waals surface area contributed by atoms with E-state index in [0.717, 1.165) is 21.0 Å². The zero-order valence-electron chi connectivity index (χ0n) is 17.3. The van der Waals surface area contributed by atoms with Gasteiger partial charge in [0.05, 0.1) is 30.4 Å². The van der Waals surface area contributed by atoms with Gasteiger partial charge < -0.3 is 14.8 Å². The van der Waals surface area contributed by atoms with Gasteiger partial charge in [-0.3, -0.25) is 9.10 Å². The molecule has 32 heavy (non-hydrogen) atoms. The Labute approximate surface area is 187 Å². The summed E-state index contributed by atoms with van der Waals surface area (Å²) in [6, 6.07) is 10.1. The lowest BCUT2D eigenvalue weighted by molar-refractivity contribution is -0.114. The number of sulfonamides is 1. The molecule has 0 fully saturated rings. The summed E-state index contributed by atoms with van der Waals surface area (Å²) in [7, 11) is -1.55. The fourth-order valence-electron chi connectivity index (χ4n) is 3.66. The summed E-state index contributed by atoms with van der Waals surface area (Å²) in [5.41, 5.74) is 0.718. The standard InChI is InChI=1S/C21H18N2O7S2/c1-11-16(20(25)29-2)19(31-18(11)21(26)30-3)22-15(24)10-23-13-8-4-6-12-7-5-9-14(17(12)13)32(23,27)28/h4-9H,10H2,1-3H3,(H,22,24).